The number of carbonyl (C=O) groups is 1. The molecule has 1 amide bonds. The van der Waals surface area contributed by atoms with Gasteiger partial charge in [0.25, 0.3) is 5.91 Å². The summed E-state index contributed by atoms with van der Waals surface area (Å²) in [6.45, 7) is 2.73. The molecule has 0 aromatic heterocycles. The molecule has 0 spiro atoms. The van der Waals surface area contributed by atoms with Crippen LogP contribution in [0.3, 0.4) is 0 Å². The first-order valence-electron chi connectivity index (χ1n) is 6.92. The molecule has 1 aromatic rings. The largest absolute Gasteiger partial charge is 0.484 e. The highest BCUT2D eigenvalue weighted by Gasteiger charge is 2.11. The van der Waals surface area contributed by atoms with E-state index in [1.54, 1.807) is 0 Å². The number of allylic oxidation sites excluding steroid dienone is 1. The van der Waals surface area contributed by atoms with Gasteiger partial charge in [-0.3, -0.25) is 4.79 Å². The highest BCUT2D eigenvalue weighted by Crippen LogP contribution is 2.25. The Bertz CT molecular complexity index is 466. The second-order valence-corrected chi connectivity index (χ2v) is 4.78. The molecular weight excluding hydrogens is 238 g/mol. The molecule has 0 bridgehead atoms. The number of aryl methyl sites for hydroxylation is 2. The van der Waals surface area contributed by atoms with E-state index >= 15 is 0 Å². The maximum absolute atomic E-state index is 11.6. The van der Waals surface area contributed by atoms with Crippen LogP contribution in [0.25, 0.3) is 0 Å². The fourth-order valence-electron chi connectivity index (χ4n) is 2.30. The lowest BCUT2D eigenvalue weighted by Crippen LogP contribution is -2.29. The highest BCUT2D eigenvalue weighted by atomic mass is 16.5. The minimum Gasteiger partial charge on any atom is -0.484 e. The summed E-state index contributed by atoms with van der Waals surface area (Å²) >= 11 is 0. The van der Waals surface area contributed by atoms with Crippen LogP contribution < -0.4 is 10.1 Å². The molecule has 1 aliphatic rings. The Hall–Kier alpha value is -1.77. The summed E-state index contributed by atoms with van der Waals surface area (Å²) in [4.78, 5) is 11.6. The summed E-state index contributed by atoms with van der Waals surface area (Å²) in [7, 11) is 0. The van der Waals surface area contributed by atoms with E-state index < -0.39 is 0 Å². The Balaban J connectivity index is 1.74. The van der Waals surface area contributed by atoms with E-state index in [0.29, 0.717) is 6.54 Å². The van der Waals surface area contributed by atoms with Crippen molar-refractivity contribution in [2.45, 2.75) is 32.6 Å². The minimum absolute atomic E-state index is 0.0648. The number of hydrogen-bond donors (Lipinski definition) is 1. The third kappa shape index (κ3) is 4.12. The molecule has 0 radical (unpaired) electrons. The second-order valence-electron chi connectivity index (χ2n) is 4.78. The van der Waals surface area contributed by atoms with Crippen LogP contribution in [0.2, 0.25) is 0 Å². The Morgan fingerprint density at radius 2 is 2.21 bits per heavy atom. The van der Waals surface area contributed by atoms with Gasteiger partial charge >= 0.3 is 0 Å². The van der Waals surface area contributed by atoms with E-state index in [9.17, 15) is 4.79 Å². The molecule has 0 aliphatic heterocycles. The molecule has 1 aliphatic carbocycles. The zero-order chi connectivity index (χ0) is 13.5. The van der Waals surface area contributed by atoms with Crippen LogP contribution in [0.4, 0.5) is 0 Å². The highest BCUT2D eigenvalue weighted by molar-refractivity contribution is 5.77. The number of fused-ring (bicyclic) bond motifs is 1. The predicted octanol–water partition coefficient (Wildman–Crippen LogP) is 2.64. The zero-order valence-electron chi connectivity index (χ0n) is 11.4. The molecule has 0 heterocycles. The predicted molar refractivity (Wildman–Crippen MR) is 76.4 cm³/mol. The van der Waals surface area contributed by atoms with Gasteiger partial charge in [0.2, 0.25) is 0 Å². The van der Waals surface area contributed by atoms with E-state index in [1.165, 1.54) is 24.0 Å². The van der Waals surface area contributed by atoms with Gasteiger partial charge < -0.3 is 10.1 Å². The van der Waals surface area contributed by atoms with Gasteiger partial charge in [-0.15, -0.1) is 0 Å². The first kappa shape index (κ1) is 13.7. The number of nitrogens with one attached hydrogen (secondary N) is 1. The summed E-state index contributed by atoms with van der Waals surface area (Å²) in [6, 6.07) is 6.13. The molecular formula is C16H21NO2. The molecule has 0 fully saturated rings. The molecule has 0 unspecified atom stereocenters. The van der Waals surface area contributed by atoms with Crippen LogP contribution in [0.5, 0.6) is 5.75 Å². The Labute approximate surface area is 114 Å². The maximum Gasteiger partial charge on any atom is 0.257 e. The van der Waals surface area contributed by atoms with Crippen LogP contribution in [-0.4, -0.2) is 19.1 Å². The van der Waals surface area contributed by atoms with Crippen LogP contribution in [0.15, 0.2) is 30.4 Å². The Morgan fingerprint density at radius 1 is 1.37 bits per heavy atom. The van der Waals surface area contributed by atoms with Gasteiger partial charge in [0.15, 0.2) is 6.61 Å². The molecule has 0 atom stereocenters. The van der Waals surface area contributed by atoms with Crippen LogP contribution in [-0.2, 0) is 17.6 Å². The van der Waals surface area contributed by atoms with E-state index in [1.807, 2.05) is 25.1 Å². The molecule has 2 rings (SSSR count). The second kappa shape index (κ2) is 6.98. The van der Waals surface area contributed by atoms with E-state index in [4.69, 9.17) is 4.74 Å². The number of amides is 1. The van der Waals surface area contributed by atoms with Crippen molar-refractivity contribution in [1.29, 1.82) is 0 Å². The van der Waals surface area contributed by atoms with E-state index in [2.05, 4.69) is 17.4 Å². The summed E-state index contributed by atoms with van der Waals surface area (Å²) in [5, 5.41) is 2.82. The number of benzene rings is 1. The average Bonchev–Trinajstić information content (AvgIpc) is 2.89. The summed E-state index contributed by atoms with van der Waals surface area (Å²) < 4.78 is 5.52. The van der Waals surface area contributed by atoms with Crippen molar-refractivity contribution < 1.29 is 9.53 Å². The molecule has 0 saturated heterocycles. The zero-order valence-corrected chi connectivity index (χ0v) is 11.4. The lowest BCUT2D eigenvalue weighted by molar-refractivity contribution is -0.123. The van der Waals surface area contributed by atoms with Crippen molar-refractivity contribution in [3.8, 4) is 5.75 Å². The third-order valence-corrected chi connectivity index (χ3v) is 3.31. The van der Waals surface area contributed by atoms with Gasteiger partial charge in [-0.05, 0) is 55.9 Å². The summed E-state index contributed by atoms with van der Waals surface area (Å²) in [5.74, 6) is 0.731. The van der Waals surface area contributed by atoms with Gasteiger partial charge in [0.1, 0.15) is 5.75 Å². The molecule has 3 nitrogen and oxygen atoms in total. The minimum atomic E-state index is -0.0648. The van der Waals surface area contributed by atoms with E-state index in [-0.39, 0.29) is 12.5 Å². The van der Waals surface area contributed by atoms with Crippen molar-refractivity contribution in [2.75, 3.05) is 13.2 Å². The quantitative estimate of drug-likeness (QED) is 0.630. The van der Waals surface area contributed by atoms with Crippen molar-refractivity contribution in [1.82, 2.24) is 5.32 Å². The smallest absolute Gasteiger partial charge is 0.257 e. The van der Waals surface area contributed by atoms with Gasteiger partial charge in [0.05, 0.1) is 0 Å². The van der Waals surface area contributed by atoms with Gasteiger partial charge in [0, 0.05) is 6.54 Å². The lowest BCUT2D eigenvalue weighted by atomic mass is 10.1. The van der Waals surface area contributed by atoms with Crippen molar-refractivity contribution in [2.24, 2.45) is 0 Å². The molecule has 102 valence electrons. The summed E-state index contributed by atoms with van der Waals surface area (Å²) in [5.41, 5.74) is 2.79. The first-order valence-corrected chi connectivity index (χ1v) is 6.92. The van der Waals surface area contributed by atoms with E-state index in [0.717, 1.165) is 18.6 Å². The van der Waals surface area contributed by atoms with Crippen LogP contribution >= 0.6 is 0 Å². The number of hydrogen-bond acceptors (Lipinski definition) is 2. The lowest BCUT2D eigenvalue weighted by Gasteiger charge is -2.08. The fourth-order valence-corrected chi connectivity index (χ4v) is 2.30. The fraction of sp³-hybridized carbons (Fsp3) is 0.438. The van der Waals surface area contributed by atoms with Gasteiger partial charge in [-0.2, -0.15) is 0 Å². The van der Waals surface area contributed by atoms with Crippen molar-refractivity contribution >= 4 is 5.91 Å². The molecule has 0 saturated carbocycles. The molecule has 3 heteroatoms. The normalized spacial score (nSPS) is 13.5. The third-order valence-electron chi connectivity index (χ3n) is 3.31. The standard InChI is InChI=1S/C16H21NO2/c1-2-3-4-10-17-16(18)12-19-15-9-8-13-6-5-7-14(13)11-15/h2-3,8-9,11H,4-7,10,12H2,1H3,(H,17,18)/b3-2+. The van der Waals surface area contributed by atoms with Crippen molar-refractivity contribution in [3.63, 3.8) is 0 Å². The van der Waals surface area contributed by atoms with Gasteiger partial charge in [-0.1, -0.05) is 18.2 Å². The van der Waals surface area contributed by atoms with Crippen LogP contribution in [0, 0.1) is 0 Å². The molecule has 1 aromatic carbocycles. The Kier molecular flexibility index (Phi) is 5.01. The molecule has 1 N–H and O–H groups in total. The SMILES string of the molecule is C/C=C/CCNC(=O)COc1ccc2c(c1)CCC2. The van der Waals surface area contributed by atoms with Crippen molar-refractivity contribution in [3.05, 3.63) is 41.5 Å². The monoisotopic (exact) mass is 259 g/mol. The average molecular weight is 259 g/mol. The Morgan fingerprint density at radius 3 is 3.05 bits per heavy atom. The summed E-state index contributed by atoms with van der Waals surface area (Å²) in [6.07, 6.45) is 8.39. The number of carbonyl (C=O) groups excluding carboxylic acids is 1. The maximum atomic E-state index is 11.6. The van der Waals surface area contributed by atoms with Crippen LogP contribution in [0.1, 0.15) is 30.9 Å². The topological polar surface area (TPSA) is 38.3 Å². The number of ether oxygens (including phenoxy) is 1. The van der Waals surface area contributed by atoms with Gasteiger partial charge in [-0.25, -0.2) is 0 Å². The number of rotatable bonds is 6. The first-order chi connectivity index (χ1) is 9.29. The molecule has 19 heavy (non-hydrogen) atoms.